The summed E-state index contributed by atoms with van der Waals surface area (Å²) in [6, 6.07) is 5.96. The van der Waals surface area contributed by atoms with E-state index in [-0.39, 0.29) is 6.54 Å². The van der Waals surface area contributed by atoms with Crippen LogP contribution in [0.5, 0.6) is 0 Å². The second-order valence-electron chi connectivity index (χ2n) is 6.38. The molecule has 1 saturated carbocycles. The second-order valence-corrected chi connectivity index (χ2v) is 6.38. The van der Waals surface area contributed by atoms with E-state index in [1.165, 1.54) is 42.8 Å². The van der Waals surface area contributed by atoms with E-state index in [2.05, 4.69) is 5.10 Å². The van der Waals surface area contributed by atoms with E-state index < -0.39 is 11.6 Å². The van der Waals surface area contributed by atoms with Crippen LogP contribution < -0.4 is 10.5 Å². The van der Waals surface area contributed by atoms with Crippen LogP contribution in [0.3, 0.4) is 0 Å². The number of hydrogen-bond donors (Lipinski definition) is 0. The van der Waals surface area contributed by atoms with Gasteiger partial charge in [-0.2, -0.15) is 10.4 Å². The Balaban J connectivity index is 1.89. The van der Waals surface area contributed by atoms with Gasteiger partial charge in [0.2, 0.25) is 0 Å². The van der Waals surface area contributed by atoms with Crippen molar-refractivity contribution >= 4 is 11.7 Å². The van der Waals surface area contributed by atoms with Crippen molar-refractivity contribution in [2.75, 3.05) is 11.4 Å². The molecule has 2 aromatic heterocycles. The van der Waals surface area contributed by atoms with Gasteiger partial charge in [-0.3, -0.25) is 14.4 Å². The maximum atomic E-state index is 12.8. The van der Waals surface area contributed by atoms with E-state index in [9.17, 15) is 9.59 Å². The van der Waals surface area contributed by atoms with Crippen molar-refractivity contribution < 1.29 is 4.79 Å². The number of carbonyl (C=O) groups is 1. The molecule has 7 nitrogen and oxygen atoms in total. The molecule has 0 aromatic carbocycles. The quantitative estimate of drug-likeness (QED) is 0.801. The molecule has 1 aliphatic rings. The van der Waals surface area contributed by atoms with Crippen LogP contribution in [-0.4, -0.2) is 26.9 Å². The minimum absolute atomic E-state index is 0.143. The summed E-state index contributed by atoms with van der Waals surface area (Å²) in [6.45, 7) is 2.57. The van der Waals surface area contributed by atoms with E-state index in [1.807, 2.05) is 17.7 Å². The van der Waals surface area contributed by atoms with E-state index in [1.54, 1.807) is 18.3 Å². The van der Waals surface area contributed by atoms with Gasteiger partial charge in [-0.15, -0.1) is 0 Å². The number of anilines is 1. The lowest BCUT2D eigenvalue weighted by Gasteiger charge is -2.20. The third kappa shape index (κ3) is 3.48. The lowest BCUT2D eigenvalue weighted by molar-refractivity contribution is 0.247. The van der Waals surface area contributed by atoms with Crippen LogP contribution in [0.2, 0.25) is 0 Å². The standard InChI is InChI=1S/C18H21N5O2/c1-14-16(12-20-23(14)13-15-6-2-3-7-15)21(11-9-19)18(25)22-10-5-4-8-17(22)24/h4-5,8,10,12,15H,2-3,6-7,11,13H2,1H3. The van der Waals surface area contributed by atoms with Crippen molar-refractivity contribution in [3.8, 4) is 6.07 Å². The highest BCUT2D eigenvalue weighted by atomic mass is 16.2. The monoisotopic (exact) mass is 339 g/mol. The van der Waals surface area contributed by atoms with Crippen LogP contribution >= 0.6 is 0 Å². The first kappa shape index (κ1) is 17.0. The fraction of sp³-hybridized carbons (Fsp3) is 0.444. The minimum atomic E-state index is -0.546. The number of nitriles is 1. The predicted octanol–water partition coefficient (Wildman–Crippen LogP) is 2.54. The molecule has 1 amide bonds. The van der Waals surface area contributed by atoms with Gasteiger partial charge in [0.25, 0.3) is 5.56 Å². The van der Waals surface area contributed by atoms with Crippen LogP contribution in [-0.2, 0) is 6.54 Å². The van der Waals surface area contributed by atoms with E-state index in [0.29, 0.717) is 11.6 Å². The largest absolute Gasteiger partial charge is 0.336 e. The van der Waals surface area contributed by atoms with Crippen LogP contribution in [0.25, 0.3) is 0 Å². The fourth-order valence-corrected chi connectivity index (χ4v) is 3.37. The summed E-state index contributed by atoms with van der Waals surface area (Å²) < 4.78 is 2.90. The van der Waals surface area contributed by atoms with Gasteiger partial charge >= 0.3 is 6.03 Å². The molecule has 0 N–H and O–H groups in total. The number of amides is 1. The van der Waals surface area contributed by atoms with Crippen molar-refractivity contribution in [2.45, 2.75) is 39.2 Å². The zero-order valence-corrected chi connectivity index (χ0v) is 14.3. The number of hydrogen-bond acceptors (Lipinski definition) is 4. The Kier molecular flexibility index (Phi) is 4.98. The molecular weight excluding hydrogens is 318 g/mol. The Hall–Kier alpha value is -2.88. The molecule has 0 spiro atoms. The average molecular weight is 339 g/mol. The highest BCUT2D eigenvalue weighted by Gasteiger charge is 2.24. The molecule has 2 aromatic rings. The molecule has 130 valence electrons. The fourth-order valence-electron chi connectivity index (χ4n) is 3.37. The molecule has 7 heteroatoms. The molecule has 1 aliphatic carbocycles. The summed E-state index contributed by atoms with van der Waals surface area (Å²) in [6.07, 6.45) is 7.94. The SMILES string of the molecule is Cc1c(N(CC#N)C(=O)n2ccccc2=O)cnn1CC1CCCC1. The first-order valence-electron chi connectivity index (χ1n) is 8.50. The molecule has 0 atom stereocenters. The topological polar surface area (TPSA) is 83.9 Å². The van der Waals surface area contributed by atoms with Crippen LogP contribution in [0.15, 0.2) is 35.4 Å². The highest BCUT2D eigenvalue weighted by Crippen LogP contribution is 2.28. The average Bonchev–Trinajstić information content (AvgIpc) is 3.24. The summed E-state index contributed by atoms with van der Waals surface area (Å²) in [5.41, 5.74) is 0.978. The van der Waals surface area contributed by atoms with Gasteiger partial charge in [-0.1, -0.05) is 18.9 Å². The minimum Gasteiger partial charge on any atom is -0.276 e. The Morgan fingerprint density at radius 2 is 2.16 bits per heavy atom. The number of aromatic nitrogens is 3. The van der Waals surface area contributed by atoms with Crippen molar-refractivity contribution in [3.63, 3.8) is 0 Å². The van der Waals surface area contributed by atoms with Crippen molar-refractivity contribution in [2.24, 2.45) is 5.92 Å². The number of nitrogens with zero attached hydrogens (tertiary/aromatic N) is 5. The Morgan fingerprint density at radius 1 is 1.40 bits per heavy atom. The van der Waals surface area contributed by atoms with Crippen molar-refractivity contribution in [1.29, 1.82) is 5.26 Å². The summed E-state index contributed by atoms with van der Waals surface area (Å²) in [7, 11) is 0. The molecule has 0 saturated heterocycles. The van der Waals surface area contributed by atoms with E-state index in [4.69, 9.17) is 5.26 Å². The molecular formula is C18H21N5O2. The first-order valence-corrected chi connectivity index (χ1v) is 8.50. The van der Waals surface area contributed by atoms with Crippen molar-refractivity contribution in [1.82, 2.24) is 14.3 Å². The maximum absolute atomic E-state index is 12.8. The zero-order valence-electron chi connectivity index (χ0n) is 14.3. The Bertz CT molecular complexity index is 855. The number of pyridine rings is 1. The van der Waals surface area contributed by atoms with Crippen molar-refractivity contribution in [3.05, 3.63) is 46.6 Å². The summed E-state index contributed by atoms with van der Waals surface area (Å²) >= 11 is 0. The summed E-state index contributed by atoms with van der Waals surface area (Å²) in [5, 5.41) is 13.5. The molecule has 0 aliphatic heterocycles. The summed E-state index contributed by atoms with van der Waals surface area (Å²) in [4.78, 5) is 26.0. The third-order valence-electron chi connectivity index (χ3n) is 4.76. The zero-order chi connectivity index (χ0) is 17.8. The lowest BCUT2D eigenvalue weighted by atomic mass is 10.1. The number of carbonyl (C=O) groups excluding carboxylic acids is 1. The van der Waals surface area contributed by atoms with Gasteiger partial charge in [0.15, 0.2) is 0 Å². The van der Waals surface area contributed by atoms with Gasteiger partial charge in [-0.25, -0.2) is 9.36 Å². The second kappa shape index (κ2) is 7.34. The molecule has 0 bridgehead atoms. The molecule has 2 heterocycles. The Labute approximate surface area is 146 Å². The van der Waals surface area contributed by atoms with E-state index >= 15 is 0 Å². The van der Waals surface area contributed by atoms with Gasteiger partial charge in [0.1, 0.15) is 6.54 Å². The third-order valence-corrected chi connectivity index (χ3v) is 4.76. The van der Waals surface area contributed by atoms with Gasteiger partial charge in [-0.05, 0) is 31.7 Å². The van der Waals surface area contributed by atoms with Gasteiger partial charge < -0.3 is 0 Å². The van der Waals surface area contributed by atoms with Crippen LogP contribution in [0.1, 0.15) is 31.4 Å². The van der Waals surface area contributed by atoms with Crippen LogP contribution in [0, 0.1) is 24.2 Å². The maximum Gasteiger partial charge on any atom is 0.336 e. The van der Waals surface area contributed by atoms with Gasteiger partial charge in [0, 0.05) is 18.8 Å². The highest BCUT2D eigenvalue weighted by molar-refractivity contribution is 5.94. The molecule has 3 rings (SSSR count). The lowest BCUT2D eigenvalue weighted by Crippen LogP contribution is -2.40. The molecule has 1 fully saturated rings. The smallest absolute Gasteiger partial charge is 0.276 e. The Morgan fingerprint density at radius 3 is 2.84 bits per heavy atom. The molecule has 0 radical (unpaired) electrons. The number of rotatable bonds is 4. The molecule has 0 unspecified atom stereocenters. The predicted molar refractivity (Wildman–Crippen MR) is 93.4 cm³/mol. The first-order chi connectivity index (χ1) is 12.1. The molecule has 25 heavy (non-hydrogen) atoms. The van der Waals surface area contributed by atoms with Gasteiger partial charge in [0.05, 0.1) is 23.6 Å². The van der Waals surface area contributed by atoms with Crippen LogP contribution in [0.4, 0.5) is 10.5 Å². The van der Waals surface area contributed by atoms with E-state index in [0.717, 1.165) is 16.8 Å². The normalized spacial score (nSPS) is 14.4. The summed E-state index contributed by atoms with van der Waals surface area (Å²) in [5.74, 6) is 0.614.